The molecule has 18 heavy (non-hydrogen) atoms. The van der Waals surface area contributed by atoms with E-state index in [4.69, 9.17) is 0 Å². The molecule has 0 amide bonds. The molecule has 1 aromatic heterocycles. The van der Waals surface area contributed by atoms with E-state index in [1.165, 1.54) is 0 Å². The molecule has 0 radical (unpaired) electrons. The predicted octanol–water partition coefficient (Wildman–Crippen LogP) is 2.46. The number of nitrogens with one attached hydrogen (secondary N) is 1. The molecule has 1 N–H and O–H groups in total. The summed E-state index contributed by atoms with van der Waals surface area (Å²) in [5, 5.41) is 11.9. The van der Waals surface area contributed by atoms with E-state index in [1.807, 2.05) is 0 Å². The van der Waals surface area contributed by atoms with Crippen molar-refractivity contribution in [2.45, 2.75) is 46.7 Å². The monoisotopic (exact) mass is 250 g/mol. The van der Waals surface area contributed by atoms with Crippen molar-refractivity contribution in [1.82, 2.24) is 15.5 Å². The van der Waals surface area contributed by atoms with E-state index in [0.29, 0.717) is 12.0 Å². The Labute approximate surface area is 111 Å². The Morgan fingerprint density at radius 3 is 2.44 bits per heavy atom. The highest BCUT2D eigenvalue weighted by atomic mass is 15.3. The van der Waals surface area contributed by atoms with E-state index in [9.17, 15) is 0 Å². The van der Waals surface area contributed by atoms with Gasteiger partial charge in [0.1, 0.15) is 0 Å². The van der Waals surface area contributed by atoms with Gasteiger partial charge in [-0.25, -0.2) is 0 Å². The summed E-state index contributed by atoms with van der Waals surface area (Å²) in [6, 6.07) is 4.56. The van der Waals surface area contributed by atoms with Crippen molar-refractivity contribution in [2.75, 3.05) is 18.5 Å². The number of hydrogen-bond acceptors (Lipinski definition) is 4. The second-order valence-electron chi connectivity index (χ2n) is 5.16. The van der Waals surface area contributed by atoms with Gasteiger partial charge in [-0.1, -0.05) is 20.8 Å². The summed E-state index contributed by atoms with van der Waals surface area (Å²) in [6.07, 6.45) is 1.14. The molecular formula is C14H26N4. The maximum atomic E-state index is 4.30. The van der Waals surface area contributed by atoms with E-state index in [2.05, 4.69) is 67.3 Å². The van der Waals surface area contributed by atoms with E-state index in [0.717, 1.165) is 31.0 Å². The van der Waals surface area contributed by atoms with Crippen LogP contribution in [0.25, 0.3) is 0 Å². The first-order valence-electron chi connectivity index (χ1n) is 6.82. The molecule has 102 valence electrons. The van der Waals surface area contributed by atoms with Crippen molar-refractivity contribution in [2.24, 2.45) is 5.92 Å². The van der Waals surface area contributed by atoms with Crippen molar-refractivity contribution in [3.05, 3.63) is 17.8 Å². The zero-order valence-corrected chi connectivity index (χ0v) is 12.3. The lowest BCUT2D eigenvalue weighted by atomic mass is 10.1. The summed E-state index contributed by atoms with van der Waals surface area (Å²) in [7, 11) is 2.07. The molecule has 1 heterocycles. The van der Waals surface area contributed by atoms with E-state index < -0.39 is 0 Å². The Bertz CT molecular complexity index is 334. The lowest BCUT2D eigenvalue weighted by Gasteiger charge is -2.28. The van der Waals surface area contributed by atoms with Crippen LogP contribution in [0, 0.1) is 5.92 Å². The molecule has 0 aromatic carbocycles. The fourth-order valence-electron chi connectivity index (χ4n) is 1.68. The molecule has 0 saturated carbocycles. The molecule has 0 bridgehead atoms. The van der Waals surface area contributed by atoms with Gasteiger partial charge >= 0.3 is 0 Å². The largest absolute Gasteiger partial charge is 0.355 e. The molecular weight excluding hydrogens is 224 g/mol. The molecule has 1 aromatic rings. The van der Waals surface area contributed by atoms with Gasteiger partial charge in [-0.3, -0.25) is 0 Å². The third-order valence-electron chi connectivity index (χ3n) is 3.38. The smallest absolute Gasteiger partial charge is 0.151 e. The average molecular weight is 250 g/mol. The summed E-state index contributed by atoms with van der Waals surface area (Å²) >= 11 is 0. The third-order valence-corrected chi connectivity index (χ3v) is 3.38. The fourth-order valence-corrected chi connectivity index (χ4v) is 1.68. The van der Waals surface area contributed by atoms with Crippen LogP contribution in [0.1, 0.15) is 39.8 Å². The van der Waals surface area contributed by atoms with Gasteiger partial charge in [0.05, 0.1) is 5.69 Å². The summed E-state index contributed by atoms with van der Waals surface area (Å²) < 4.78 is 0. The van der Waals surface area contributed by atoms with Crippen molar-refractivity contribution < 1.29 is 0 Å². The Balaban J connectivity index is 2.59. The van der Waals surface area contributed by atoms with Gasteiger partial charge in [0, 0.05) is 19.6 Å². The normalized spacial score (nSPS) is 12.8. The summed E-state index contributed by atoms with van der Waals surface area (Å²) in [5.74, 6) is 1.54. The standard InChI is InChI=1S/C14H26N4/c1-6-9-15-10-13-7-8-14(17-16-13)18(5)12(4)11(2)3/h7-8,11-12,15H,6,9-10H2,1-5H3. The Hall–Kier alpha value is -1.16. The van der Waals surface area contributed by atoms with Gasteiger partial charge in [-0.2, -0.15) is 5.10 Å². The van der Waals surface area contributed by atoms with E-state index >= 15 is 0 Å². The van der Waals surface area contributed by atoms with Crippen molar-refractivity contribution >= 4 is 5.82 Å². The second kappa shape index (κ2) is 7.31. The number of hydrogen-bond donors (Lipinski definition) is 1. The lowest BCUT2D eigenvalue weighted by molar-refractivity contribution is 0.501. The van der Waals surface area contributed by atoms with Gasteiger partial charge in [0.25, 0.3) is 0 Å². The first-order chi connectivity index (χ1) is 8.56. The van der Waals surface area contributed by atoms with Crippen LogP contribution in [-0.4, -0.2) is 29.8 Å². The minimum Gasteiger partial charge on any atom is -0.355 e. The molecule has 0 fully saturated rings. The maximum Gasteiger partial charge on any atom is 0.151 e. The highest BCUT2D eigenvalue weighted by molar-refractivity contribution is 5.37. The molecule has 0 spiro atoms. The lowest BCUT2D eigenvalue weighted by Crippen LogP contribution is -2.34. The minimum atomic E-state index is 0.461. The second-order valence-corrected chi connectivity index (χ2v) is 5.16. The van der Waals surface area contributed by atoms with Gasteiger partial charge in [-0.05, 0) is 37.9 Å². The number of aromatic nitrogens is 2. The van der Waals surface area contributed by atoms with Crippen LogP contribution in [0.4, 0.5) is 5.82 Å². The third kappa shape index (κ3) is 4.26. The van der Waals surface area contributed by atoms with Crippen LogP contribution in [0.15, 0.2) is 12.1 Å². The highest BCUT2D eigenvalue weighted by Gasteiger charge is 2.14. The van der Waals surface area contributed by atoms with Crippen LogP contribution in [0.5, 0.6) is 0 Å². The number of anilines is 1. The zero-order valence-electron chi connectivity index (χ0n) is 12.3. The first-order valence-corrected chi connectivity index (χ1v) is 6.82. The van der Waals surface area contributed by atoms with Crippen molar-refractivity contribution in [1.29, 1.82) is 0 Å². The van der Waals surface area contributed by atoms with Crippen LogP contribution in [0.2, 0.25) is 0 Å². The van der Waals surface area contributed by atoms with Crippen LogP contribution < -0.4 is 10.2 Å². The first kappa shape index (κ1) is 14.9. The minimum absolute atomic E-state index is 0.461. The molecule has 1 rings (SSSR count). The zero-order chi connectivity index (χ0) is 13.5. The van der Waals surface area contributed by atoms with Gasteiger partial charge in [0.15, 0.2) is 5.82 Å². The van der Waals surface area contributed by atoms with E-state index in [-0.39, 0.29) is 0 Å². The molecule has 0 aliphatic heterocycles. The molecule has 0 saturated heterocycles. The van der Waals surface area contributed by atoms with Crippen LogP contribution in [0.3, 0.4) is 0 Å². The van der Waals surface area contributed by atoms with Crippen molar-refractivity contribution in [3.63, 3.8) is 0 Å². The molecule has 0 aliphatic carbocycles. The SMILES string of the molecule is CCCNCc1ccc(N(C)C(C)C(C)C)nn1. The number of rotatable bonds is 7. The maximum absolute atomic E-state index is 4.30. The van der Waals surface area contributed by atoms with Gasteiger partial charge in [0.2, 0.25) is 0 Å². The highest BCUT2D eigenvalue weighted by Crippen LogP contribution is 2.15. The molecule has 4 heteroatoms. The summed E-state index contributed by atoms with van der Waals surface area (Å²) in [5.41, 5.74) is 0.998. The Morgan fingerprint density at radius 2 is 1.94 bits per heavy atom. The molecule has 1 unspecified atom stereocenters. The topological polar surface area (TPSA) is 41.0 Å². The van der Waals surface area contributed by atoms with Gasteiger partial charge < -0.3 is 10.2 Å². The molecule has 1 atom stereocenters. The van der Waals surface area contributed by atoms with Crippen molar-refractivity contribution in [3.8, 4) is 0 Å². The Kier molecular flexibility index (Phi) is 6.05. The van der Waals surface area contributed by atoms with Gasteiger partial charge in [-0.15, -0.1) is 5.10 Å². The molecule has 0 aliphatic rings. The fraction of sp³-hybridized carbons (Fsp3) is 0.714. The Morgan fingerprint density at radius 1 is 1.22 bits per heavy atom. The summed E-state index contributed by atoms with van der Waals surface area (Å²) in [4.78, 5) is 2.18. The quantitative estimate of drug-likeness (QED) is 0.755. The van der Waals surface area contributed by atoms with Crippen LogP contribution in [-0.2, 0) is 6.54 Å². The average Bonchev–Trinajstić information content (AvgIpc) is 2.38. The number of nitrogens with zero attached hydrogens (tertiary/aromatic N) is 3. The van der Waals surface area contributed by atoms with Crippen LogP contribution >= 0.6 is 0 Å². The predicted molar refractivity (Wildman–Crippen MR) is 76.7 cm³/mol. The van der Waals surface area contributed by atoms with E-state index in [1.54, 1.807) is 0 Å². The molecule has 4 nitrogen and oxygen atoms in total. The summed E-state index contributed by atoms with van der Waals surface area (Å²) in [6.45, 7) is 10.6.